The Kier molecular flexibility index (Phi) is 4.41. The number of urea groups is 1. The minimum absolute atomic E-state index is 0.116. The Morgan fingerprint density at radius 3 is 2.62 bits per heavy atom. The monoisotopic (exact) mass is 218 g/mol. The first-order valence-electron chi connectivity index (χ1n) is 4.47. The fourth-order valence-electron chi connectivity index (χ4n) is 0.878. The lowest BCUT2D eigenvalue weighted by Gasteiger charge is -1.99. The van der Waals surface area contributed by atoms with Gasteiger partial charge in [-0.3, -0.25) is 10.1 Å². The van der Waals surface area contributed by atoms with Crippen molar-refractivity contribution in [3.05, 3.63) is 30.3 Å². The minimum Gasteiger partial charge on any atom is -0.426 e. The SMILES string of the molecule is NC(=O)NC#CCC(=O)Oc1ccccc1. The molecule has 0 aliphatic rings. The molecule has 5 heteroatoms. The number of rotatable bonds is 2. The Bertz CT molecular complexity index is 432. The zero-order valence-electron chi connectivity index (χ0n) is 8.40. The van der Waals surface area contributed by atoms with Gasteiger partial charge in [-0.25, -0.2) is 4.79 Å². The number of hydrogen-bond acceptors (Lipinski definition) is 3. The lowest BCUT2D eigenvalue weighted by atomic mass is 10.3. The van der Waals surface area contributed by atoms with Crippen LogP contribution >= 0.6 is 0 Å². The van der Waals surface area contributed by atoms with E-state index in [-0.39, 0.29) is 6.42 Å². The van der Waals surface area contributed by atoms with Crippen molar-refractivity contribution in [3.8, 4) is 17.7 Å². The number of carbonyl (C=O) groups excluding carboxylic acids is 2. The smallest absolute Gasteiger partial charge is 0.323 e. The molecule has 3 N–H and O–H groups in total. The number of primary amides is 1. The summed E-state index contributed by atoms with van der Waals surface area (Å²) < 4.78 is 4.94. The molecule has 5 nitrogen and oxygen atoms in total. The Morgan fingerprint density at radius 1 is 1.31 bits per heavy atom. The van der Waals surface area contributed by atoms with E-state index in [1.807, 2.05) is 11.4 Å². The van der Waals surface area contributed by atoms with Crippen molar-refractivity contribution in [2.75, 3.05) is 0 Å². The summed E-state index contributed by atoms with van der Waals surface area (Å²) in [4.78, 5) is 21.4. The van der Waals surface area contributed by atoms with E-state index in [0.717, 1.165) is 0 Å². The first-order chi connectivity index (χ1) is 7.68. The average molecular weight is 218 g/mol. The van der Waals surface area contributed by atoms with Crippen LogP contribution in [0.2, 0.25) is 0 Å². The largest absolute Gasteiger partial charge is 0.426 e. The molecule has 1 rings (SSSR count). The summed E-state index contributed by atoms with van der Waals surface area (Å²) in [6.45, 7) is 0. The highest BCUT2D eigenvalue weighted by Gasteiger charge is 2.01. The van der Waals surface area contributed by atoms with Gasteiger partial charge in [0.05, 0.1) is 0 Å². The standard InChI is InChI=1S/C11H10N2O3/c12-11(15)13-8-4-7-10(14)16-9-5-2-1-3-6-9/h1-3,5-6H,7H2,(H3,12,13,15). The quantitative estimate of drug-likeness (QED) is 0.330. The number of esters is 1. The average Bonchev–Trinajstić information content (AvgIpc) is 2.25. The lowest BCUT2D eigenvalue weighted by molar-refractivity contribution is -0.133. The number of hydrogen-bond donors (Lipinski definition) is 2. The van der Waals surface area contributed by atoms with Crippen molar-refractivity contribution in [1.82, 2.24) is 5.32 Å². The van der Waals surface area contributed by atoms with Gasteiger partial charge in [-0.05, 0) is 12.1 Å². The maximum atomic E-state index is 11.2. The number of amides is 2. The van der Waals surface area contributed by atoms with Crippen molar-refractivity contribution in [2.45, 2.75) is 6.42 Å². The predicted molar refractivity (Wildman–Crippen MR) is 57.2 cm³/mol. The molecule has 0 unspecified atom stereocenters. The molecule has 0 spiro atoms. The lowest BCUT2D eigenvalue weighted by Crippen LogP contribution is -2.24. The number of carbonyl (C=O) groups is 2. The molecule has 0 aliphatic heterocycles. The summed E-state index contributed by atoms with van der Waals surface area (Å²) >= 11 is 0. The minimum atomic E-state index is -0.760. The van der Waals surface area contributed by atoms with Gasteiger partial charge in [0.25, 0.3) is 0 Å². The van der Waals surface area contributed by atoms with Crippen LogP contribution in [0.15, 0.2) is 30.3 Å². The molecular weight excluding hydrogens is 208 g/mol. The zero-order valence-corrected chi connectivity index (χ0v) is 8.40. The zero-order chi connectivity index (χ0) is 11.8. The highest BCUT2D eigenvalue weighted by Crippen LogP contribution is 2.08. The molecular formula is C11H10N2O3. The molecule has 1 aromatic carbocycles. The van der Waals surface area contributed by atoms with Gasteiger partial charge in [0.1, 0.15) is 12.2 Å². The Morgan fingerprint density at radius 2 is 2.00 bits per heavy atom. The molecule has 0 aromatic heterocycles. The molecule has 0 heterocycles. The molecule has 0 fully saturated rings. The topological polar surface area (TPSA) is 81.4 Å². The summed E-state index contributed by atoms with van der Waals surface area (Å²) in [5.41, 5.74) is 4.76. The van der Waals surface area contributed by atoms with Gasteiger partial charge in [0, 0.05) is 6.04 Å². The van der Waals surface area contributed by atoms with Crippen molar-refractivity contribution in [2.24, 2.45) is 5.73 Å². The highest BCUT2D eigenvalue weighted by molar-refractivity contribution is 5.76. The maximum absolute atomic E-state index is 11.2. The van der Waals surface area contributed by atoms with Crippen LogP contribution in [0, 0.1) is 12.0 Å². The van der Waals surface area contributed by atoms with Gasteiger partial charge < -0.3 is 10.5 Å². The highest BCUT2D eigenvalue weighted by atomic mass is 16.5. The van der Waals surface area contributed by atoms with Gasteiger partial charge in [-0.1, -0.05) is 24.1 Å². The van der Waals surface area contributed by atoms with Crippen LogP contribution < -0.4 is 15.8 Å². The number of nitrogens with two attached hydrogens (primary N) is 1. The molecule has 0 radical (unpaired) electrons. The maximum Gasteiger partial charge on any atom is 0.323 e. The van der Waals surface area contributed by atoms with Crippen molar-refractivity contribution in [3.63, 3.8) is 0 Å². The molecule has 82 valence electrons. The van der Waals surface area contributed by atoms with E-state index < -0.39 is 12.0 Å². The summed E-state index contributed by atoms with van der Waals surface area (Å²) in [6, 6.07) is 10.1. The third-order valence-corrected chi connectivity index (χ3v) is 1.48. The van der Waals surface area contributed by atoms with E-state index in [1.54, 1.807) is 24.3 Å². The van der Waals surface area contributed by atoms with E-state index in [4.69, 9.17) is 10.5 Å². The van der Waals surface area contributed by atoms with Crippen LogP contribution in [0.5, 0.6) is 5.75 Å². The van der Waals surface area contributed by atoms with Crippen LogP contribution in [0.1, 0.15) is 6.42 Å². The van der Waals surface area contributed by atoms with E-state index in [0.29, 0.717) is 5.75 Å². The molecule has 16 heavy (non-hydrogen) atoms. The third kappa shape index (κ3) is 4.67. The van der Waals surface area contributed by atoms with Crippen LogP contribution in [0.4, 0.5) is 4.79 Å². The van der Waals surface area contributed by atoms with Crippen molar-refractivity contribution in [1.29, 1.82) is 0 Å². The fraction of sp³-hybridized carbons (Fsp3) is 0.0909. The number of ether oxygens (including phenoxy) is 1. The summed E-state index contributed by atoms with van der Waals surface area (Å²) in [6.07, 6.45) is -0.116. The Hall–Kier alpha value is -2.48. The first-order valence-corrected chi connectivity index (χ1v) is 4.47. The van der Waals surface area contributed by atoms with Crippen LogP contribution in [-0.2, 0) is 4.79 Å². The first kappa shape index (κ1) is 11.6. The van der Waals surface area contributed by atoms with Gasteiger partial charge in [-0.2, -0.15) is 0 Å². The Labute approximate surface area is 92.6 Å². The van der Waals surface area contributed by atoms with E-state index in [2.05, 4.69) is 12.0 Å². The fourth-order valence-corrected chi connectivity index (χ4v) is 0.878. The summed E-state index contributed by atoms with van der Waals surface area (Å²) in [5.74, 6) is 2.36. The van der Waals surface area contributed by atoms with Crippen LogP contribution in [0.25, 0.3) is 0 Å². The second kappa shape index (κ2) is 6.09. The second-order valence-electron chi connectivity index (χ2n) is 2.75. The summed E-state index contributed by atoms with van der Waals surface area (Å²) in [7, 11) is 0. The predicted octanol–water partition coefficient (Wildman–Crippen LogP) is 0.611. The van der Waals surface area contributed by atoms with E-state index >= 15 is 0 Å². The number of benzene rings is 1. The van der Waals surface area contributed by atoms with Crippen molar-refractivity contribution >= 4 is 12.0 Å². The molecule has 0 atom stereocenters. The molecule has 2 amide bonds. The van der Waals surface area contributed by atoms with Gasteiger partial charge >= 0.3 is 12.0 Å². The van der Waals surface area contributed by atoms with Gasteiger partial charge in [-0.15, -0.1) is 0 Å². The van der Waals surface area contributed by atoms with E-state index in [9.17, 15) is 9.59 Å². The Balaban J connectivity index is 2.36. The molecule has 1 aromatic rings. The molecule has 0 saturated heterocycles. The normalized spacial score (nSPS) is 8.50. The number of para-hydroxylation sites is 1. The van der Waals surface area contributed by atoms with Gasteiger partial charge in [0.2, 0.25) is 0 Å². The molecule has 0 saturated carbocycles. The summed E-state index contributed by atoms with van der Waals surface area (Å²) in [5, 5.41) is 2.03. The molecule has 0 bridgehead atoms. The second-order valence-corrected chi connectivity index (χ2v) is 2.75. The van der Waals surface area contributed by atoms with Crippen LogP contribution in [0.3, 0.4) is 0 Å². The van der Waals surface area contributed by atoms with Crippen LogP contribution in [-0.4, -0.2) is 12.0 Å². The molecule has 0 aliphatic carbocycles. The van der Waals surface area contributed by atoms with Gasteiger partial charge in [0.15, 0.2) is 0 Å². The third-order valence-electron chi connectivity index (χ3n) is 1.48. The van der Waals surface area contributed by atoms with E-state index in [1.165, 1.54) is 0 Å². The number of nitrogens with one attached hydrogen (secondary N) is 1. The van der Waals surface area contributed by atoms with Crippen molar-refractivity contribution < 1.29 is 14.3 Å².